The van der Waals surface area contributed by atoms with Crippen LogP contribution in [0.5, 0.6) is 0 Å². The van der Waals surface area contributed by atoms with Gasteiger partial charge >= 0.3 is 5.97 Å². The summed E-state index contributed by atoms with van der Waals surface area (Å²) >= 11 is 1.62. The molecule has 0 fully saturated rings. The van der Waals surface area contributed by atoms with Crippen molar-refractivity contribution in [2.75, 3.05) is 11.9 Å². The van der Waals surface area contributed by atoms with Crippen molar-refractivity contribution < 1.29 is 23.1 Å². The molecule has 0 bridgehead atoms. The van der Waals surface area contributed by atoms with Gasteiger partial charge in [0.2, 0.25) is 0 Å². The molecule has 0 aliphatic carbocycles. The molecule has 0 aliphatic heterocycles. The van der Waals surface area contributed by atoms with E-state index in [1.54, 1.807) is 11.3 Å². The Balaban J connectivity index is 1.68. The Morgan fingerprint density at radius 3 is 2.74 bits per heavy atom. The molecule has 0 spiro atoms. The number of hydrogen-bond donors (Lipinski definition) is 1. The Hall–Kier alpha value is -2.28. The van der Waals surface area contributed by atoms with Crippen molar-refractivity contribution in [2.45, 2.75) is 19.3 Å². The first-order chi connectivity index (χ1) is 11.0. The van der Waals surface area contributed by atoms with E-state index in [0.29, 0.717) is 12.5 Å². The number of halogens is 2. The van der Waals surface area contributed by atoms with E-state index in [4.69, 9.17) is 4.74 Å². The molecular formula is C16H15F2NO3S. The van der Waals surface area contributed by atoms with E-state index in [-0.39, 0.29) is 12.1 Å². The third kappa shape index (κ3) is 5.78. The Kier molecular flexibility index (Phi) is 6.22. The van der Waals surface area contributed by atoms with E-state index >= 15 is 0 Å². The number of ether oxygens (including phenoxy) is 1. The number of thiophene rings is 1. The van der Waals surface area contributed by atoms with E-state index in [9.17, 15) is 18.4 Å². The number of carbonyl (C=O) groups is 2. The lowest BCUT2D eigenvalue weighted by Crippen LogP contribution is -2.21. The predicted molar refractivity (Wildman–Crippen MR) is 83.2 cm³/mol. The summed E-state index contributed by atoms with van der Waals surface area (Å²) in [7, 11) is 0. The monoisotopic (exact) mass is 339 g/mol. The zero-order chi connectivity index (χ0) is 16.7. The summed E-state index contributed by atoms with van der Waals surface area (Å²) in [6.07, 6.45) is 1.61. The maximum atomic E-state index is 13.3. The van der Waals surface area contributed by atoms with Gasteiger partial charge in [-0.3, -0.25) is 9.59 Å². The normalized spacial score (nSPS) is 10.3. The van der Waals surface area contributed by atoms with Crippen molar-refractivity contribution in [1.82, 2.24) is 0 Å². The number of benzene rings is 1. The highest BCUT2D eigenvalue weighted by atomic mass is 32.1. The van der Waals surface area contributed by atoms with E-state index in [2.05, 4.69) is 5.32 Å². The number of amides is 1. The molecule has 0 saturated carbocycles. The number of anilines is 1. The fraction of sp³-hybridized carbons (Fsp3) is 0.250. The summed E-state index contributed by atoms with van der Waals surface area (Å²) in [6, 6.07) is 6.71. The lowest BCUT2D eigenvalue weighted by molar-refractivity contribution is -0.147. The molecule has 2 aromatic rings. The average molecular weight is 339 g/mol. The molecule has 7 heteroatoms. The first-order valence-electron chi connectivity index (χ1n) is 6.97. The minimum Gasteiger partial charge on any atom is -0.456 e. The maximum Gasteiger partial charge on any atom is 0.306 e. The van der Waals surface area contributed by atoms with Crippen molar-refractivity contribution in [3.63, 3.8) is 0 Å². The molecule has 0 atom stereocenters. The zero-order valence-corrected chi connectivity index (χ0v) is 13.0. The first-order valence-corrected chi connectivity index (χ1v) is 7.85. The molecule has 1 aromatic carbocycles. The number of nitrogens with one attached hydrogen (secondary N) is 1. The smallest absolute Gasteiger partial charge is 0.306 e. The third-order valence-electron chi connectivity index (χ3n) is 2.95. The Labute approximate surface area is 136 Å². The van der Waals surface area contributed by atoms with Crippen LogP contribution in [0.15, 0.2) is 35.7 Å². The first kappa shape index (κ1) is 17.1. The van der Waals surface area contributed by atoms with Crippen LogP contribution < -0.4 is 5.32 Å². The third-order valence-corrected chi connectivity index (χ3v) is 3.89. The maximum absolute atomic E-state index is 13.3. The van der Waals surface area contributed by atoms with Crippen LogP contribution in [-0.4, -0.2) is 18.5 Å². The van der Waals surface area contributed by atoms with Gasteiger partial charge in [0, 0.05) is 17.4 Å². The molecule has 1 aromatic heterocycles. The lowest BCUT2D eigenvalue weighted by Gasteiger charge is -2.07. The van der Waals surface area contributed by atoms with Crippen LogP contribution in [0.2, 0.25) is 0 Å². The van der Waals surface area contributed by atoms with Gasteiger partial charge in [0.15, 0.2) is 6.61 Å². The van der Waals surface area contributed by atoms with Gasteiger partial charge < -0.3 is 10.1 Å². The van der Waals surface area contributed by atoms with Crippen LogP contribution in [0, 0.1) is 11.6 Å². The highest BCUT2D eigenvalue weighted by molar-refractivity contribution is 7.09. The summed E-state index contributed by atoms with van der Waals surface area (Å²) in [5.41, 5.74) is -0.162. The lowest BCUT2D eigenvalue weighted by atomic mass is 10.2. The average Bonchev–Trinajstić information content (AvgIpc) is 3.01. The van der Waals surface area contributed by atoms with Crippen LogP contribution in [0.1, 0.15) is 17.7 Å². The Bertz CT molecular complexity index is 674. The van der Waals surface area contributed by atoms with Gasteiger partial charge in [-0.1, -0.05) is 6.07 Å². The summed E-state index contributed by atoms with van der Waals surface area (Å²) in [4.78, 5) is 24.3. The Morgan fingerprint density at radius 1 is 1.22 bits per heavy atom. The van der Waals surface area contributed by atoms with E-state index < -0.39 is 30.1 Å². The molecular weight excluding hydrogens is 324 g/mol. The number of esters is 1. The molecule has 1 N–H and O–H groups in total. The molecule has 2 rings (SSSR count). The van der Waals surface area contributed by atoms with Crippen molar-refractivity contribution in [2.24, 2.45) is 0 Å². The van der Waals surface area contributed by atoms with Crippen LogP contribution in [-0.2, 0) is 20.7 Å². The molecule has 0 radical (unpaired) electrons. The van der Waals surface area contributed by atoms with Gasteiger partial charge in [0.25, 0.3) is 5.91 Å². The van der Waals surface area contributed by atoms with Crippen molar-refractivity contribution in [1.29, 1.82) is 0 Å². The number of aryl methyl sites for hydroxylation is 1. The molecule has 1 amide bonds. The van der Waals surface area contributed by atoms with E-state index in [0.717, 1.165) is 18.6 Å². The Morgan fingerprint density at radius 2 is 2.04 bits per heavy atom. The standard InChI is InChI=1S/C16H15F2NO3S/c17-11-6-7-14(13(18)9-11)19-15(20)10-22-16(21)5-1-3-12-4-2-8-23-12/h2,4,6-9H,1,3,5,10H2,(H,19,20). The fourth-order valence-electron chi connectivity index (χ4n) is 1.86. The molecule has 23 heavy (non-hydrogen) atoms. The van der Waals surface area contributed by atoms with Crippen molar-refractivity contribution >= 4 is 28.9 Å². The fourth-order valence-corrected chi connectivity index (χ4v) is 2.61. The van der Waals surface area contributed by atoms with Crippen LogP contribution in [0.3, 0.4) is 0 Å². The van der Waals surface area contributed by atoms with Gasteiger partial charge in [-0.25, -0.2) is 8.78 Å². The highest BCUT2D eigenvalue weighted by Gasteiger charge is 2.11. The van der Waals surface area contributed by atoms with Gasteiger partial charge in [-0.2, -0.15) is 0 Å². The van der Waals surface area contributed by atoms with Gasteiger partial charge in [-0.15, -0.1) is 11.3 Å². The predicted octanol–water partition coefficient (Wildman–Crippen LogP) is 3.53. The van der Waals surface area contributed by atoms with E-state index in [1.807, 2.05) is 17.5 Å². The number of hydrogen-bond acceptors (Lipinski definition) is 4. The zero-order valence-electron chi connectivity index (χ0n) is 12.2. The van der Waals surface area contributed by atoms with Crippen LogP contribution in [0.25, 0.3) is 0 Å². The molecule has 0 unspecified atom stereocenters. The SMILES string of the molecule is O=C(COC(=O)CCCc1cccs1)Nc1ccc(F)cc1F. The van der Waals surface area contributed by atoms with Gasteiger partial charge in [0.1, 0.15) is 11.6 Å². The van der Waals surface area contributed by atoms with Crippen LogP contribution in [0.4, 0.5) is 14.5 Å². The summed E-state index contributed by atoms with van der Waals surface area (Å²) in [6.45, 7) is -0.505. The number of carbonyl (C=O) groups excluding carboxylic acids is 2. The van der Waals surface area contributed by atoms with Gasteiger partial charge in [0.05, 0.1) is 5.69 Å². The number of rotatable bonds is 7. The van der Waals surface area contributed by atoms with Crippen molar-refractivity contribution in [3.8, 4) is 0 Å². The summed E-state index contributed by atoms with van der Waals surface area (Å²) in [5, 5.41) is 4.18. The molecule has 122 valence electrons. The topological polar surface area (TPSA) is 55.4 Å². The summed E-state index contributed by atoms with van der Waals surface area (Å²) < 4.78 is 30.9. The molecule has 0 aliphatic rings. The van der Waals surface area contributed by atoms with Gasteiger partial charge in [-0.05, 0) is 36.4 Å². The second kappa shape index (κ2) is 8.38. The minimum absolute atomic E-state index is 0.162. The second-order valence-corrected chi connectivity index (χ2v) is 5.80. The largest absolute Gasteiger partial charge is 0.456 e. The quantitative estimate of drug-likeness (QED) is 0.785. The summed E-state index contributed by atoms with van der Waals surface area (Å²) in [5.74, 6) is -2.79. The highest BCUT2D eigenvalue weighted by Crippen LogP contribution is 2.15. The van der Waals surface area contributed by atoms with Crippen LogP contribution >= 0.6 is 11.3 Å². The molecule has 4 nitrogen and oxygen atoms in total. The second-order valence-electron chi connectivity index (χ2n) is 4.77. The minimum atomic E-state index is -0.888. The van der Waals surface area contributed by atoms with Crippen molar-refractivity contribution in [3.05, 3.63) is 52.2 Å². The van der Waals surface area contributed by atoms with E-state index in [1.165, 1.54) is 4.88 Å². The molecule has 0 saturated heterocycles. The molecule has 1 heterocycles.